The summed E-state index contributed by atoms with van der Waals surface area (Å²) in [6.45, 7) is -8.53. The Morgan fingerprint density at radius 2 is 1.45 bits per heavy atom. The zero-order chi connectivity index (χ0) is 20.8. The summed E-state index contributed by atoms with van der Waals surface area (Å²) in [5.74, 6) is 0. The number of piperazine rings is 1. The topological polar surface area (TPSA) is 6.48 Å². The standard InChI is InChI=1S/C18H22N2/c1-19-12-14-20(15-13-19)18(16-8-4-2-5-9-16)17-10-6-3-7-11-17/h2-11,18H,12-15H2,1H3/i1D3,14D2,15D2,18D. The normalized spacial score (nSPS) is 29.6. The fourth-order valence-electron chi connectivity index (χ4n) is 2.20. The van der Waals surface area contributed by atoms with Crippen LogP contribution in [0, 0.1) is 0 Å². The van der Waals surface area contributed by atoms with E-state index in [-0.39, 0.29) is 0 Å². The lowest BCUT2D eigenvalue weighted by Gasteiger charge is -2.38. The van der Waals surface area contributed by atoms with Crippen LogP contribution in [-0.4, -0.2) is 42.9 Å². The van der Waals surface area contributed by atoms with Gasteiger partial charge in [-0.1, -0.05) is 60.7 Å². The van der Waals surface area contributed by atoms with Crippen molar-refractivity contribution in [1.29, 1.82) is 0 Å². The zero-order valence-corrected chi connectivity index (χ0v) is 11.1. The number of likely N-dealkylation sites (N-methyl/N-ethyl adjacent to an activating group) is 1. The van der Waals surface area contributed by atoms with E-state index >= 15 is 0 Å². The maximum Gasteiger partial charge on any atom is 0.0602 e. The van der Waals surface area contributed by atoms with Crippen LogP contribution in [0.1, 0.15) is 28.1 Å². The van der Waals surface area contributed by atoms with Crippen molar-refractivity contribution < 1.29 is 11.0 Å². The summed E-state index contributed by atoms with van der Waals surface area (Å²) in [6.07, 6.45) is 0. The number of benzene rings is 2. The molecule has 1 aliphatic rings. The average molecular weight is 274 g/mol. The first-order valence-corrected chi connectivity index (χ1v) is 6.56. The van der Waals surface area contributed by atoms with Crippen molar-refractivity contribution in [2.45, 2.75) is 6.02 Å². The second-order valence-electron chi connectivity index (χ2n) is 4.59. The first kappa shape index (κ1) is 6.88. The molecule has 1 fully saturated rings. The van der Waals surface area contributed by atoms with Crippen molar-refractivity contribution in [2.24, 2.45) is 0 Å². The molecule has 0 amide bonds. The Morgan fingerprint density at radius 1 is 0.950 bits per heavy atom. The number of nitrogens with zero attached hydrogens (tertiary/aromatic N) is 2. The molecule has 0 saturated carbocycles. The molecule has 20 heavy (non-hydrogen) atoms. The Morgan fingerprint density at radius 3 is 1.90 bits per heavy atom. The third-order valence-electron chi connectivity index (χ3n) is 3.16. The quantitative estimate of drug-likeness (QED) is 0.849. The van der Waals surface area contributed by atoms with E-state index in [2.05, 4.69) is 0 Å². The van der Waals surface area contributed by atoms with Crippen LogP contribution in [-0.2, 0) is 0 Å². The van der Waals surface area contributed by atoms with Crippen LogP contribution in [0.3, 0.4) is 0 Å². The van der Waals surface area contributed by atoms with Crippen LogP contribution in [0.5, 0.6) is 0 Å². The van der Waals surface area contributed by atoms with E-state index in [0.29, 0.717) is 11.1 Å². The highest BCUT2D eigenvalue weighted by Gasteiger charge is 2.24. The molecule has 0 radical (unpaired) electrons. The van der Waals surface area contributed by atoms with Crippen molar-refractivity contribution in [3.63, 3.8) is 0 Å². The molecule has 0 aromatic heterocycles. The fourth-order valence-corrected chi connectivity index (χ4v) is 2.20. The molecule has 2 aromatic carbocycles. The minimum atomic E-state index is -2.63. The Balaban J connectivity index is 2.20. The largest absolute Gasteiger partial charge is 0.304 e. The van der Waals surface area contributed by atoms with Gasteiger partial charge in [0.15, 0.2) is 0 Å². The van der Waals surface area contributed by atoms with Gasteiger partial charge >= 0.3 is 0 Å². The molecular weight excluding hydrogens is 244 g/mol. The molecule has 3 rings (SSSR count). The summed E-state index contributed by atoms with van der Waals surface area (Å²) in [4.78, 5) is 1.68. The predicted molar refractivity (Wildman–Crippen MR) is 83.8 cm³/mol. The number of hydrogen-bond acceptors (Lipinski definition) is 2. The summed E-state index contributed by atoms with van der Waals surface area (Å²) >= 11 is 0. The molecule has 0 unspecified atom stereocenters. The van der Waals surface area contributed by atoms with E-state index in [0.717, 1.165) is 9.80 Å². The smallest absolute Gasteiger partial charge is 0.0602 e. The van der Waals surface area contributed by atoms with Gasteiger partial charge in [0.1, 0.15) is 0 Å². The first-order valence-electron chi connectivity index (χ1n) is 10.6. The van der Waals surface area contributed by atoms with E-state index in [1.165, 1.54) is 0 Å². The van der Waals surface area contributed by atoms with Crippen LogP contribution in [0.15, 0.2) is 60.7 Å². The van der Waals surface area contributed by atoms with E-state index < -0.39 is 39.1 Å². The van der Waals surface area contributed by atoms with Crippen molar-refractivity contribution in [3.05, 3.63) is 71.8 Å². The van der Waals surface area contributed by atoms with Gasteiger partial charge in [-0.3, -0.25) is 4.90 Å². The van der Waals surface area contributed by atoms with Crippen molar-refractivity contribution in [2.75, 3.05) is 33.1 Å². The zero-order valence-electron chi connectivity index (χ0n) is 19.1. The summed E-state index contributed by atoms with van der Waals surface area (Å²) in [7, 11) is 0. The molecule has 2 aromatic rings. The molecule has 0 N–H and O–H groups in total. The van der Waals surface area contributed by atoms with E-state index in [1.54, 1.807) is 60.7 Å². The highest BCUT2D eigenvalue weighted by atomic mass is 15.3. The molecule has 2 heteroatoms. The third-order valence-corrected chi connectivity index (χ3v) is 3.16. The van der Waals surface area contributed by atoms with Gasteiger partial charge in [0, 0.05) is 35.7 Å². The maximum atomic E-state index is 9.32. The monoisotopic (exact) mass is 274 g/mol. The van der Waals surface area contributed by atoms with Gasteiger partial charge in [-0.15, -0.1) is 0 Å². The highest BCUT2D eigenvalue weighted by Crippen LogP contribution is 2.29. The molecular formula is C18H22N2. The fraction of sp³-hybridized carbons (Fsp3) is 0.333. The van der Waals surface area contributed by atoms with Gasteiger partial charge in [-0.2, -0.15) is 0 Å². The van der Waals surface area contributed by atoms with Crippen LogP contribution in [0.25, 0.3) is 0 Å². The number of rotatable bonds is 3. The minimum absolute atomic E-state index is 0.399. The van der Waals surface area contributed by atoms with Gasteiger partial charge in [-0.05, 0) is 18.1 Å². The lowest BCUT2D eigenvalue weighted by molar-refractivity contribution is 0.127. The molecule has 1 heterocycles. The number of hydrogen-bond donors (Lipinski definition) is 0. The Bertz CT molecular complexity index is 750. The molecule has 0 aliphatic carbocycles. The molecule has 0 atom stereocenters. The predicted octanol–water partition coefficient (Wildman–Crippen LogP) is 3.02. The Labute approximate surface area is 132 Å². The molecule has 0 spiro atoms. The van der Waals surface area contributed by atoms with Gasteiger partial charge < -0.3 is 4.90 Å². The lowest BCUT2D eigenvalue weighted by Crippen LogP contribution is -2.46. The molecule has 104 valence electrons. The Kier molecular flexibility index (Phi) is 2.14. The lowest BCUT2D eigenvalue weighted by atomic mass is 9.96. The minimum Gasteiger partial charge on any atom is -0.304 e. The van der Waals surface area contributed by atoms with Gasteiger partial charge in [0.05, 0.1) is 7.39 Å². The van der Waals surface area contributed by atoms with E-state index in [1.807, 2.05) is 0 Å². The van der Waals surface area contributed by atoms with Crippen LogP contribution >= 0.6 is 0 Å². The molecule has 1 aliphatic heterocycles. The van der Waals surface area contributed by atoms with Crippen molar-refractivity contribution >= 4 is 0 Å². The highest BCUT2D eigenvalue weighted by molar-refractivity contribution is 5.31. The second-order valence-corrected chi connectivity index (χ2v) is 4.59. The Hall–Kier alpha value is -1.64. The third kappa shape index (κ3) is 2.92. The average Bonchev–Trinajstić information content (AvgIpc) is 2.60. The SMILES string of the molecule is [2H]C([2H])([2H])N1CC([2H])([2H])N(C([2H])(c2ccccc2)c2ccccc2)C([2H])([2H])C1. The van der Waals surface area contributed by atoms with Crippen molar-refractivity contribution in [3.8, 4) is 0 Å². The van der Waals surface area contributed by atoms with Crippen molar-refractivity contribution in [1.82, 2.24) is 9.80 Å². The maximum absolute atomic E-state index is 9.32. The molecule has 0 bridgehead atoms. The van der Waals surface area contributed by atoms with Crippen LogP contribution < -0.4 is 0 Å². The summed E-state index contributed by atoms with van der Waals surface area (Å²) in [5.41, 5.74) is 0.799. The first-order chi connectivity index (χ1) is 12.9. The van der Waals surface area contributed by atoms with Gasteiger partial charge in [0.25, 0.3) is 0 Å². The van der Waals surface area contributed by atoms with Crippen LogP contribution in [0.4, 0.5) is 0 Å². The van der Waals surface area contributed by atoms with Crippen LogP contribution in [0.2, 0.25) is 0 Å². The van der Waals surface area contributed by atoms with Gasteiger partial charge in [-0.25, -0.2) is 0 Å². The van der Waals surface area contributed by atoms with E-state index in [4.69, 9.17) is 9.60 Å². The van der Waals surface area contributed by atoms with E-state index in [9.17, 15) is 1.37 Å². The summed E-state index contributed by atoms with van der Waals surface area (Å²) in [5, 5.41) is 0. The molecule has 1 saturated heterocycles. The summed E-state index contributed by atoms with van der Waals surface area (Å²) < 4.78 is 66.3. The molecule has 2 nitrogen and oxygen atoms in total. The summed E-state index contributed by atoms with van der Waals surface area (Å²) in [6, 6.07) is 15.1. The van der Waals surface area contributed by atoms with Gasteiger partial charge in [0.2, 0.25) is 0 Å². The second kappa shape index (κ2) is 6.21.